The number of aromatic nitrogens is 1. The summed E-state index contributed by atoms with van der Waals surface area (Å²) in [7, 11) is 0. The van der Waals surface area contributed by atoms with Crippen LogP contribution in [0.1, 0.15) is 47.3 Å². The number of carbonyl (C=O) groups excluding carboxylic acids is 1. The molecule has 0 saturated heterocycles. The highest BCUT2D eigenvalue weighted by Gasteiger charge is 2.34. The van der Waals surface area contributed by atoms with Crippen molar-refractivity contribution in [2.75, 3.05) is 6.54 Å². The SMILES string of the molecule is Cc1ccc(OCc2cccc(C(=O)NC3(CN)CCCC3)c2)cn1.Cl.Cl. The lowest BCUT2D eigenvalue weighted by molar-refractivity contribution is 0.0903. The van der Waals surface area contributed by atoms with Crippen LogP contribution in [0.4, 0.5) is 0 Å². The maximum atomic E-state index is 12.6. The molecular formula is C20H27Cl2N3O2. The fraction of sp³-hybridized carbons (Fsp3) is 0.400. The van der Waals surface area contributed by atoms with Crippen molar-refractivity contribution in [1.82, 2.24) is 10.3 Å². The quantitative estimate of drug-likeness (QED) is 0.757. The van der Waals surface area contributed by atoms with Crippen molar-refractivity contribution in [3.05, 3.63) is 59.4 Å². The molecule has 0 atom stereocenters. The zero-order valence-electron chi connectivity index (χ0n) is 15.4. The summed E-state index contributed by atoms with van der Waals surface area (Å²) in [5.74, 6) is 0.652. The number of amides is 1. The van der Waals surface area contributed by atoms with Gasteiger partial charge >= 0.3 is 0 Å². The highest BCUT2D eigenvalue weighted by Crippen LogP contribution is 2.29. The Hall–Kier alpha value is -1.82. The molecule has 27 heavy (non-hydrogen) atoms. The van der Waals surface area contributed by atoms with Gasteiger partial charge in [0, 0.05) is 17.8 Å². The summed E-state index contributed by atoms with van der Waals surface area (Å²) >= 11 is 0. The second-order valence-corrected chi connectivity index (χ2v) is 6.77. The van der Waals surface area contributed by atoms with Gasteiger partial charge in [-0.1, -0.05) is 25.0 Å². The molecule has 0 unspecified atom stereocenters. The van der Waals surface area contributed by atoms with E-state index in [0.29, 0.717) is 24.5 Å². The molecule has 1 fully saturated rings. The Morgan fingerprint density at radius 2 is 1.96 bits per heavy atom. The fourth-order valence-electron chi connectivity index (χ4n) is 3.25. The smallest absolute Gasteiger partial charge is 0.251 e. The Morgan fingerprint density at radius 3 is 2.59 bits per heavy atom. The van der Waals surface area contributed by atoms with Gasteiger partial charge in [-0.05, 0) is 49.6 Å². The molecule has 0 spiro atoms. The lowest BCUT2D eigenvalue weighted by atomic mass is 9.97. The minimum absolute atomic E-state index is 0. The average Bonchev–Trinajstić information content (AvgIpc) is 3.10. The molecule has 0 bridgehead atoms. The van der Waals surface area contributed by atoms with E-state index in [0.717, 1.165) is 36.9 Å². The number of halogens is 2. The largest absolute Gasteiger partial charge is 0.487 e. The van der Waals surface area contributed by atoms with Crippen LogP contribution in [0.5, 0.6) is 5.75 Å². The van der Waals surface area contributed by atoms with Crippen LogP contribution >= 0.6 is 24.8 Å². The second kappa shape index (κ2) is 10.5. The van der Waals surface area contributed by atoms with Gasteiger partial charge in [-0.3, -0.25) is 9.78 Å². The van der Waals surface area contributed by atoms with Gasteiger partial charge in [-0.25, -0.2) is 0 Å². The summed E-state index contributed by atoms with van der Waals surface area (Å²) in [4.78, 5) is 16.8. The van der Waals surface area contributed by atoms with E-state index >= 15 is 0 Å². The third-order valence-electron chi connectivity index (χ3n) is 4.81. The number of nitrogens with two attached hydrogens (primary N) is 1. The van der Waals surface area contributed by atoms with E-state index < -0.39 is 0 Å². The molecule has 2 aromatic rings. The second-order valence-electron chi connectivity index (χ2n) is 6.77. The van der Waals surface area contributed by atoms with Gasteiger partial charge in [0.05, 0.1) is 11.7 Å². The highest BCUT2D eigenvalue weighted by atomic mass is 35.5. The number of aryl methyl sites for hydroxylation is 1. The van der Waals surface area contributed by atoms with Crippen molar-refractivity contribution in [3.8, 4) is 5.75 Å². The Morgan fingerprint density at radius 1 is 1.22 bits per heavy atom. The van der Waals surface area contributed by atoms with Crippen molar-refractivity contribution in [2.24, 2.45) is 5.73 Å². The van der Waals surface area contributed by atoms with Crippen molar-refractivity contribution in [3.63, 3.8) is 0 Å². The molecule has 1 saturated carbocycles. The summed E-state index contributed by atoms with van der Waals surface area (Å²) in [6.07, 6.45) is 5.86. The maximum absolute atomic E-state index is 12.6. The van der Waals surface area contributed by atoms with Crippen LogP contribution in [0.25, 0.3) is 0 Å². The first-order chi connectivity index (χ1) is 12.1. The molecule has 1 heterocycles. The number of carbonyl (C=O) groups is 1. The molecule has 7 heteroatoms. The van der Waals surface area contributed by atoms with Crippen molar-refractivity contribution in [2.45, 2.75) is 44.8 Å². The molecular weight excluding hydrogens is 385 g/mol. The number of benzene rings is 1. The molecule has 1 aromatic carbocycles. The molecule has 1 aliphatic rings. The predicted octanol–water partition coefficient (Wildman–Crippen LogP) is 3.81. The van der Waals surface area contributed by atoms with Crippen LogP contribution < -0.4 is 15.8 Å². The number of rotatable bonds is 6. The molecule has 0 aliphatic heterocycles. The number of ether oxygens (including phenoxy) is 1. The zero-order chi connectivity index (χ0) is 17.7. The van der Waals surface area contributed by atoms with Crippen LogP contribution in [-0.2, 0) is 6.61 Å². The first kappa shape index (κ1) is 23.2. The van der Waals surface area contributed by atoms with E-state index in [9.17, 15) is 4.79 Å². The normalized spacial score (nSPS) is 14.6. The molecule has 3 rings (SSSR count). The summed E-state index contributed by atoms with van der Waals surface area (Å²) < 4.78 is 5.74. The van der Waals surface area contributed by atoms with E-state index in [1.807, 2.05) is 43.3 Å². The molecule has 5 nitrogen and oxygen atoms in total. The van der Waals surface area contributed by atoms with E-state index in [-0.39, 0.29) is 36.3 Å². The Kier molecular flexibility index (Phi) is 9.03. The van der Waals surface area contributed by atoms with E-state index in [1.54, 1.807) is 6.20 Å². The van der Waals surface area contributed by atoms with Gasteiger partial charge in [0.15, 0.2) is 0 Å². The van der Waals surface area contributed by atoms with Gasteiger partial charge in [0.2, 0.25) is 0 Å². The summed E-state index contributed by atoms with van der Waals surface area (Å²) in [6.45, 7) is 2.82. The van der Waals surface area contributed by atoms with E-state index in [1.165, 1.54) is 0 Å². The maximum Gasteiger partial charge on any atom is 0.251 e. The van der Waals surface area contributed by atoms with E-state index in [4.69, 9.17) is 10.5 Å². The van der Waals surface area contributed by atoms with Gasteiger partial charge in [-0.15, -0.1) is 24.8 Å². The van der Waals surface area contributed by atoms with E-state index in [2.05, 4.69) is 10.3 Å². The first-order valence-corrected chi connectivity index (χ1v) is 8.77. The van der Waals surface area contributed by atoms with Crippen molar-refractivity contribution >= 4 is 30.7 Å². The summed E-state index contributed by atoms with van der Waals surface area (Å²) in [6, 6.07) is 11.3. The van der Waals surface area contributed by atoms with Gasteiger partial charge in [-0.2, -0.15) is 0 Å². The minimum atomic E-state index is -0.239. The van der Waals surface area contributed by atoms with Crippen molar-refractivity contribution < 1.29 is 9.53 Å². The number of hydrogen-bond donors (Lipinski definition) is 2. The van der Waals surface area contributed by atoms with Crippen LogP contribution in [-0.4, -0.2) is 23.0 Å². The van der Waals surface area contributed by atoms with Gasteiger partial charge < -0.3 is 15.8 Å². The van der Waals surface area contributed by atoms with Crippen LogP contribution in [0.3, 0.4) is 0 Å². The third-order valence-corrected chi connectivity index (χ3v) is 4.81. The highest BCUT2D eigenvalue weighted by molar-refractivity contribution is 5.94. The number of nitrogens with zero attached hydrogens (tertiary/aromatic N) is 1. The molecule has 1 amide bonds. The Balaban J connectivity index is 0.00000182. The monoisotopic (exact) mass is 411 g/mol. The topological polar surface area (TPSA) is 77.2 Å². The summed E-state index contributed by atoms with van der Waals surface area (Å²) in [5, 5.41) is 3.15. The summed E-state index contributed by atoms with van der Waals surface area (Å²) in [5.41, 5.74) is 8.21. The number of hydrogen-bond acceptors (Lipinski definition) is 4. The standard InChI is InChI=1S/C20H25N3O2.2ClH/c1-15-7-8-18(12-22-15)25-13-16-5-4-6-17(11-16)19(24)23-20(14-21)9-2-3-10-20;;/h4-8,11-12H,2-3,9-10,13-14,21H2,1H3,(H,23,24);2*1H. The minimum Gasteiger partial charge on any atom is -0.487 e. The Labute approximate surface area is 172 Å². The number of pyridine rings is 1. The van der Waals surface area contributed by atoms with Crippen LogP contribution in [0.2, 0.25) is 0 Å². The molecule has 148 valence electrons. The first-order valence-electron chi connectivity index (χ1n) is 8.77. The third kappa shape index (κ3) is 6.09. The number of nitrogens with one attached hydrogen (secondary N) is 1. The van der Waals surface area contributed by atoms with Crippen LogP contribution in [0, 0.1) is 6.92 Å². The molecule has 1 aromatic heterocycles. The van der Waals surface area contributed by atoms with Crippen molar-refractivity contribution in [1.29, 1.82) is 0 Å². The molecule has 3 N–H and O–H groups in total. The average molecular weight is 412 g/mol. The van der Waals surface area contributed by atoms with Gasteiger partial charge in [0.25, 0.3) is 5.91 Å². The predicted molar refractivity (Wildman–Crippen MR) is 112 cm³/mol. The molecule has 0 radical (unpaired) electrons. The zero-order valence-corrected chi connectivity index (χ0v) is 17.1. The fourth-order valence-corrected chi connectivity index (χ4v) is 3.25. The van der Waals surface area contributed by atoms with Gasteiger partial charge in [0.1, 0.15) is 12.4 Å². The lowest BCUT2D eigenvalue weighted by Crippen LogP contribution is -2.51. The lowest BCUT2D eigenvalue weighted by Gasteiger charge is -2.28. The molecule has 1 aliphatic carbocycles. The van der Waals surface area contributed by atoms with Crippen LogP contribution in [0.15, 0.2) is 42.6 Å². The Bertz CT molecular complexity index is 732.